The summed E-state index contributed by atoms with van der Waals surface area (Å²) < 4.78 is 2.36. The van der Waals surface area contributed by atoms with Crippen molar-refractivity contribution < 1.29 is 21.1 Å². The summed E-state index contributed by atoms with van der Waals surface area (Å²) in [5, 5.41) is 3.47. The van der Waals surface area contributed by atoms with E-state index in [9.17, 15) is 0 Å². The number of rotatable bonds is 5. The molecule has 0 fully saturated rings. The third kappa shape index (κ3) is 8.48. The molecule has 0 aliphatic heterocycles. The van der Waals surface area contributed by atoms with Crippen LogP contribution >= 0.6 is 0 Å². The van der Waals surface area contributed by atoms with Crippen LogP contribution in [0.5, 0.6) is 0 Å². The summed E-state index contributed by atoms with van der Waals surface area (Å²) in [6.45, 7) is 27.5. The molecule has 4 nitrogen and oxygen atoms in total. The molecule has 10 rings (SSSR count). The molecule has 5 heteroatoms. The first-order valence-corrected chi connectivity index (χ1v) is 23.4. The van der Waals surface area contributed by atoms with Crippen molar-refractivity contribution in [3.8, 4) is 50.5 Å². The van der Waals surface area contributed by atoms with Crippen LogP contribution in [-0.2, 0) is 42.7 Å². The average molecular weight is 1060 g/mol. The fourth-order valence-electron chi connectivity index (χ4n) is 9.35. The average Bonchev–Trinajstić information content (AvgIpc) is 3.86. The zero-order chi connectivity index (χ0) is 46.5. The van der Waals surface area contributed by atoms with E-state index in [1.807, 2.05) is 12.3 Å². The van der Waals surface area contributed by atoms with Gasteiger partial charge in [-0.2, -0.15) is 0 Å². The number of imidazole rings is 1. The van der Waals surface area contributed by atoms with Gasteiger partial charge in [-0.3, -0.25) is 9.97 Å². The summed E-state index contributed by atoms with van der Waals surface area (Å²) in [5.41, 5.74) is 18.2. The SMILES string of the molecule is CC(C)(C)c1ccc(-n2c(-c3[c-]c(-c4cc(-c5ccccc5)cc5cccnc45)ccc3)nc3c(-c4cc(C(C)(C)C)cc5c4[n-]c4ccc(C(C)(C)C)cc45)cc(C(C)(C)C)cc32)cc1.[Pt+2]. The normalized spacial score (nSPS) is 12.7. The van der Waals surface area contributed by atoms with Gasteiger partial charge >= 0.3 is 21.1 Å². The summed E-state index contributed by atoms with van der Waals surface area (Å²) in [4.78, 5) is 16.2. The first-order chi connectivity index (χ1) is 31.2. The second-order valence-corrected chi connectivity index (χ2v) is 22.4. The Bertz CT molecular complexity index is 3490. The van der Waals surface area contributed by atoms with E-state index >= 15 is 0 Å². The molecule has 0 unspecified atom stereocenters. The monoisotopic (exact) mass is 1060 g/mol. The van der Waals surface area contributed by atoms with Gasteiger partial charge in [0.1, 0.15) is 0 Å². The maximum absolute atomic E-state index is 5.78. The largest absolute Gasteiger partial charge is 2.00 e. The molecule has 3 heterocycles. The molecule has 10 aromatic rings. The minimum atomic E-state index is -0.162. The van der Waals surface area contributed by atoms with Crippen molar-refractivity contribution >= 4 is 43.7 Å². The van der Waals surface area contributed by atoms with Crippen molar-refractivity contribution in [2.45, 2.75) is 105 Å². The number of fused-ring (bicyclic) bond motifs is 5. The van der Waals surface area contributed by atoms with Crippen LogP contribution in [0.15, 0.2) is 146 Å². The zero-order valence-corrected chi connectivity index (χ0v) is 43.2. The number of benzene rings is 7. The summed E-state index contributed by atoms with van der Waals surface area (Å²) in [7, 11) is 0. The molecule has 0 atom stereocenters. The van der Waals surface area contributed by atoms with Crippen molar-refractivity contribution in [3.05, 3.63) is 174 Å². The van der Waals surface area contributed by atoms with E-state index in [4.69, 9.17) is 15.0 Å². The number of nitrogens with zero attached hydrogens (tertiary/aromatic N) is 4. The van der Waals surface area contributed by atoms with Gasteiger partial charge in [-0.1, -0.05) is 179 Å². The van der Waals surface area contributed by atoms with Gasteiger partial charge in [0.25, 0.3) is 0 Å². The first kappa shape index (κ1) is 46.0. The van der Waals surface area contributed by atoms with Crippen LogP contribution in [-0.4, -0.2) is 14.5 Å². The maximum atomic E-state index is 5.78. The quantitative estimate of drug-likeness (QED) is 0.161. The van der Waals surface area contributed by atoms with Gasteiger partial charge in [0.2, 0.25) is 0 Å². The number of hydrogen-bond donors (Lipinski definition) is 0. The molecule has 0 saturated heterocycles. The smallest absolute Gasteiger partial charge is 0.656 e. The van der Waals surface area contributed by atoms with Gasteiger partial charge in [-0.25, -0.2) is 0 Å². The Balaban J connectivity index is 0.00000562. The summed E-state index contributed by atoms with van der Waals surface area (Å²) in [6.07, 6.45) is 1.88. The van der Waals surface area contributed by atoms with Crippen molar-refractivity contribution in [1.82, 2.24) is 19.5 Å². The van der Waals surface area contributed by atoms with E-state index in [2.05, 4.69) is 227 Å². The van der Waals surface area contributed by atoms with Crippen LogP contribution in [0.25, 0.3) is 94.2 Å². The number of pyridine rings is 1. The fraction of sp³-hybridized carbons (Fsp3) is 0.258. The van der Waals surface area contributed by atoms with Crippen molar-refractivity contribution in [1.29, 1.82) is 0 Å². The Labute approximate surface area is 411 Å². The standard InChI is InChI=1S/C62H60N4.Pt/c1-59(2,3)43-23-26-47(27-24-43)66-54-37-46(62(10,11)12)36-52(51-35-45(61(7,8)9)34-50-49-33-44(60(4,5)6)25-28-53(49)64-56(50)51)57(54)65-58(66)41-21-16-20-39(30-41)48-32-42(38-18-14-13-15-19-38)31-40-22-17-29-63-55(40)48;/h13-29,31-37H,1-12H3;/q-2;+2. The van der Waals surface area contributed by atoms with Gasteiger partial charge in [-0.15, -0.1) is 40.9 Å². The topological polar surface area (TPSA) is 44.8 Å². The van der Waals surface area contributed by atoms with Gasteiger partial charge < -0.3 is 9.55 Å². The molecule has 0 saturated carbocycles. The molecule has 0 bridgehead atoms. The van der Waals surface area contributed by atoms with E-state index in [-0.39, 0.29) is 42.7 Å². The second kappa shape index (κ2) is 16.6. The van der Waals surface area contributed by atoms with Gasteiger partial charge in [0, 0.05) is 23.0 Å². The molecule has 0 N–H and O–H groups in total. The van der Waals surface area contributed by atoms with Crippen LogP contribution < -0.4 is 4.98 Å². The van der Waals surface area contributed by atoms with E-state index in [1.54, 1.807) is 0 Å². The van der Waals surface area contributed by atoms with E-state index in [0.717, 1.165) is 83.4 Å². The molecule has 0 spiro atoms. The molecular weight excluding hydrogens is 996 g/mol. The van der Waals surface area contributed by atoms with Crippen molar-refractivity contribution in [3.63, 3.8) is 0 Å². The third-order valence-electron chi connectivity index (χ3n) is 13.4. The van der Waals surface area contributed by atoms with Crippen LogP contribution in [0.2, 0.25) is 0 Å². The van der Waals surface area contributed by atoms with Gasteiger partial charge in [0.05, 0.1) is 16.9 Å². The second-order valence-electron chi connectivity index (χ2n) is 22.4. The third-order valence-corrected chi connectivity index (χ3v) is 13.4. The van der Waals surface area contributed by atoms with Gasteiger partial charge in [0.15, 0.2) is 0 Å². The predicted octanol–water partition coefficient (Wildman–Crippen LogP) is 16.5. The Morgan fingerprint density at radius 1 is 0.478 bits per heavy atom. The Hall–Kier alpha value is -6.09. The molecule has 0 aliphatic rings. The van der Waals surface area contributed by atoms with E-state index in [1.165, 1.54) is 33.0 Å². The number of hydrogen-bond acceptors (Lipinski definition) is 2. The Morgan fingerprint density at radius 2 is 1.10 bits per heavy atom. The van der Waals surface area contributed by atoms with Crippen LogP contribution in [0.3, 0.4) is 0 Å². The molecule has 0 radical (unpaired) electrons. The van der Waals surface area contributed by atoms with E-state index < -0.39 is 0 Å². The molecule has 0 aliphatic carbocycles. The zero-order valence-electron chi connectivity index (χ0n) is 41.0. The molecular formula is C62H60N4Pt. The summed E-state index contributed by atoms with van der Waals surface area (Å²) in [6, 6.07) is 55.0. The minimum absolute atomic E-state index is 0. The first-order valence-electron chi connectivity index (χ1n) is 23.4. The van der Waals surface area contributed by atoms with Crippen molar-refractivity contribution in [2.75, 3.05) is 0 Å². The molecule has 67 heavy (non-hydrogen) atoms. The van der Waals surface area contributed by atoms with Gasteiger partial charge in [-0.05, 0) is 113 Å². The summed E-state index contributed by atoms with van der Waals surface area (Å²) >= 11 is 0. The Kier molecular flexibility index (Phi) is 11.4. The Morgan fingerprint density at radius 3 is 1.79 bits per heavy atom. The summed E-state index contributed by atoms with van der Waals surface area (Å²) in [5.74, 6) is 0.831. The fourth-order valence-corrected chi connectivity index (χ4v) is 9.35. The van der Waals surface area contributed by atoms with E-state index in [0.29, 0.717) is 0 Å². The molecule has 7 aromatic carbocycles. The molecule has 338 valence electrons. The van der Waals surface area contributed by atoms with Crippen molar-refractivity contribution in [2.24, 2.45) is 0 Å². The molecule has 3 aromatic heterocycles. The predicted molar refractivity (Wildman–Crippen MR) is 280 cm³/mol. The minimum Gasteiger partial charge on any atom is -0.656 e. The maximum Gasteiger partial charge on any atom is 2.00 e. The molecule has 0 amide bonds. The van der Waals surface area contributed by atoms with Crippen LogP contribution in [0, 0.1) is 6.07 Å². The van der Waals surface area contributed by atoms with Crippen LogP contribution in [0.1, 0.15) is 105 Å². The number of aromatic nitrogens is 4. The van der Waals surface area contributed by atoms with Crippen LogP contribution in [0.4, 0.5) is 0 Å².